The lowest BCUT2D eigenvalue weighted by Crippen LogP contribution is -2.19. The summed E-state index contributed by atoms with van der Waals surface area (Å²) in [6.45, 7) is 1.40. The molecule has 1 unspecified atom stereocenters. The average molecular weight is 362 g/mol. The maximum absolute atomic E-state index is 12.2. The second kappa shape index (κ2) is 7.16. The van der Waals surface area contributed by atoms with Gasteiger partial charge in [0, 0.05) is 25.5 Å². The van der Waals surface area contributed by atoms with Crippen molar-refractivity contribution >= 4 is 0 Å². The van der Waals surface area contributed by atoms with Crippen LogP contribution in [0.15, 0.2) is 35.2 Å². The molecule has 4 rings (SSSR count). The summed E-state index contributed by atoms with van der Waals surface area (Å²) in [7, 11) is 0. The highest BCUT2D eigenvalue weighted by atomic mass is 19.3. The Morgan fingerprint density at radius 1 is 1.35 bits per heavy atom. The van der Waals surface area contributed by atoms with Gasteiger partial charge < -0.3 is 19.1 Å². The van der Waals surface area contributed by atoms with E-state index in [9.17, 15) is 8.78 Å². The molecule has 8 nitrogen and oxygen atoms in total. The summed E-state index contributed by atoms with van der Waals surface area (Å²) in [5, 5.41) is 7.29. The van der Waals surface area contributed by atoms with Gasteiger partial charge in [-0.05, 0) is 12.1 Å². The van der Waals surface area contributed by atoms with Crippen LogP contribution in [0.5, 0.6) is 5.75 Å². The quantitative estimate of drug-likeness (QED) is 0.741. The molecule has 0 fully saturated rings. The minimum Gasteiger partial charge on any atom is -0.486 e. The molecule has 0 saturated carbocycles. The number of alkyl halides is 2. The van der Waals surface area contributed by atoms with Crippen molar-refractivity contribution in [3.05, 3.63) is 42.4 Å². The van der Waals surface area contributed by atoms with Gasteiger partial charge in [-0.1, -0.05) is 5.16 Å². The van der Waals surface area contributed by atoms with Gasteiger partial charge in [0.1, 0.15) is 23.9 Å². The van der Waals surface area contributed by atoms with Gasteiger partial charge in [-0.25, -0.2) is 18.7 Å². The number of nitrogens with one attached hydrogen (secondary N) is 1. The number of imidazole rings is 1. The highest BCUT2D eigenvalue weighted by Gasteiger charge is 2.24. The third-order valence-corrected chi connectivity index (χ3v) is 4.03. The molecule has 1 N–H and O–H groups in total. The number of pyridine rings is 1. The van der Waals surface area contributed by atoms with E-state index in [4.69, 9.17) is 9.26 Å². The molecule has 10 heteroatoms. The molecule has 0 spiro atoms. The van der Waals surface area contributed by atoms with E-state index in [-0.39, 0.29) is 11.7 Å². The van der Waals surface area contributed by atoms with Crippen molar-refractivity contribution in [1.29, 1.82) is 0 Å². The van der Waals surface area contributed by atoms with E-state index in [1.165, 1.54) is 6.20 Å². The molecular formula is C16H16F2N6O2. The lowest BCUT2D eigenvalue weighted by molar-refractivity contribution is 0.0817. The Morgan fingerprint density at radius 2 is 2.27 bits per heavy atom. The Hall–Kier alpha value is -2.88. The molecule has 0 amide bonds. The Morgan fingerprint density at radius 3 is 3.08 bits per heavy atom. The monoisotopic (exact) mass is 362 g/mol. The lowest BCUT2D eigenvalue weighted by Gasteiger charge is -2.09. The van der Waals surface area contributed by atoms with E-state index in [1.54, 1.807) is 18.3 Å². The molecule has 136 valence electrons. The summed E-state index contributed by atoms with van der Waals surface area (Å²) in [5.41, 5.74) is 0.481. The number of rotatable bonds is 5. The van der Waals surface area contributed by atoms with Crippen LogP contribution < -0.4 is 10.1 Å². The number of aromatic nitrogens is 5. The maximum atomic E-state index is 12.2. The molecule has 26 heavy (non-hydrogen) atoms. The minimum absolute atomic E-state index is 0.0142. The average Bonchev–Trinajstić information content (AvgIpc) is 3.26. The van der Waals surface area contributed by atoms with E-state index >= 15 is 0 Å². The van der Waals surface area contributed by atoms with Gasteiger partial charge >= 0.3 is 0 Å². The van der Waals surface area contributed by atoms with Crippen LogP contribution in [-0.2, 0) is 13.1 Å². The van der Waals surface area contributed by atoms with Crippen molar-refractivity contribution < 1.29 is 18.0 Å². The predicted molar refractivity (Wildman–Crippen MR) is 85.7 cm³/mol. The van der Waals surface area contributed by atoms with Crippen molar-refractivity contribution in [2.45, 2.75) is 25.4 Å². The van der Waals surface area contributed by atoms with Crippen LogP contribution in [0.25, 0.3) is 11.5 Å². The lowest BCUT2D eigenvalue weighted by atomic mass is 10.1. The maximum Gasteiger partial charge on any atom is 0.272 e. The van der Waals surface area contributed by atoms with E-state index in [1.807, 2.05) is 6.20 Å². The molecule has 3 aromatic rings. The second-order valence-corrected chi connectivity index (χ2v) is 5.86. The standard InChI is InChI=1S/C16H16F2N6O2/c17-13(18)9-25-11-1-2-12(21-6-11)15-22-16(26-23-15)10-5-19-7-14-20-3-4-24(14)8-10/h1-4,6,10,13,19H,5,7-9H2. The van der Waals surface area contributed by atoms with Crippen LogP contribution in [-0.4, -0.2) is 44.3 Å². The molecule has 0 radical (unpaired) electrons. The number of halogens is 2. The largest absolute Gasteiger partial charge is 0.486 e. The molecule has 1 aliphatic heterocycles. The van der Waals surface area contributed by atoms with Gasteiger partial charge in [0.05, 0.1) is 18.7 Å². The van der Waals surface area contributed by atoms with Gasteiger partial charge in [-0.15, -0.1) is 0 Å². The molecule has 1 atom stereocenters. The summed E-state index contributed by atoms with van der Waals surface area (Å²) < 4.78 is 36.7. The van der Waals surface area contributed by atoms with Crippen LogP contribution in [0.2, 0.25) is 0 Å². The Bertz CT molecular complexity index is 864. The highest BCUT2D eigenvalue weighted by molar-refractivity contribution is 5.49. The van der Waals surface area contributed by atoms with Crippen LogP contribution >= 0.6 is 0 Å². The predicted octanol–water partition coefficient (Wildman–Crippen LogP) is 1.86. The zero-order valence-electron chi connectivity index (χ0n) is 13.7. The third kappa shape index (κ3) is 3.54. The number of hydrogen-bond acceptors (Lipinski definition) is 7. The first kappa shape index (κ1) is 16.6. The van der Waals surface area contributed by atoms with E-state index in [0.717, 1.165) is 5.82 Å². The van der Waals surface area contributed by atoms with Crippen molar-refractivity contribution in [3.8, 4) is 17.3 Å². The first-order valence-corrected chi connectivity index (χ1v) is 8.11. The first-order chi connectivity index (χ1) is 12.7. The molecule has 4 heterocycles. The fourth-order valence-electron chi connectivity index (χ4n) is 2.76. The summed E-state index contributed by atoms with van der Waals surface area (Å²) in [5.74, 6) is 2.09. The van der Waals surface area contributed by atoms with Crippen LogP contribution in [0.1, 0.15) is 17.6 Å². The Labute approximate surface area is 147 Å². The van der Waals surface area contributed by atoms with Crippen LogP contribution in [0.3, 0.4) is 0 Å². The summed E-state index contributed by atoms with van der Waals surface area (Å²) in [6, 6.07) is 3.15. The fourth-order valence-corrected chi connectivity index (χ4v) is 2.76. The number of fused-ring (bicyclic) bond motifs is 1. The smallest absolute Gasteiger partial charge is 0.272 e. The number of hydrogen-bond donors (Lipinski definition) is 1. The second-order valence-electron chi connectivity index (χ2n) is 5.86. The van der Waals surface area contributed by atoms with E-state index < -0.39 is 13.0 Å². The van der Waals surface area contributed by atoms with E-state index in [0.29, 0.717) is 37.0 Å². The van der Waals surface area contributed by atoms with E-state index in [2.05, 4.69) is 30.0 Å². The summed E-state index contributed by atoms with van der Waals surface area (Å²) in [6.07, 6.45) is 2.52. The van der Waals surface area contributed by atoms with Gasteiger partial charge in [-0.3, -0.25) is 0 Å². The zero-order chi connectivity index (χ0) is 17.9. The SMILES string of the molecule is FC(F)COc1ccc(-c2noc(C3CNCc4nccn4C3)n2)nc1. The molecular weight excluding hydrogens is 346 g/mol. The highest BCUT2D eigenvalue weighted by Crippen LogP contribution is 2.23. The molecule has 1 aliphatic rings. The van der Waals surface area contributed by atoms with Crippen molar-refractivity contribution in [3.63, 3.8) is 0 Å². The minimum atomic E-state index is -2.53. The molecule has 3 aromatic heterocycles. The first-order valence-electron chi connectivity index (χ1n) is 8.11. The van der Waals surface area contributed by atoms with Gasteiger partial charge in [0.15, 0.2) is 0 Å². The molecule has 0 aliphatic carbocycles. The van der Waals surface area contributed by atoms with Crippen molar-refractivity contribution in [2.75, 3.05) is 13.2 Å². The molecule has 0 saturated heterocycles. The van der Waals surface area contributed by atoms with Gasteiger partial charge in [0.25, 0.3) is 6.43 Å². The van der Waals surface area contributed by atoms with Crippen molar-refractivity contribution in [1.82, 2.24) is 30.0 Å². The summed E-state index contributed by atoms with van der Waals surface area (Å²) in [4.78, 5) is 12.9. The van der Waals surface area contributed by atoms with Crippen molar-refractivity contribution in [2.24, 2.45) is 0 Å². The zero-order valence-corrected chi connectivity index (χ0v) is 13.7. The van der Waals surface area contributed by atoms with Crippen LogP contribution in [0.4, 0.5) is 8.78 Å². The van der Waals surface area contributed by atoms with Gasteiger partial charge in [-0.2, -0.15) is 4.98 Å². The van der Waals surface area contributed by atoms with Gasteiger partial charge in [0.2, 0.25) is 11.7 Å². The Kier molecular flexibility index (Phi) is 4.57. The van der Waals surface area contributed by atoms with Crippen LogP contribution in [0, 0.1) is 0 Å². The topological polar surface area (TPSA) is 90.9 Å². The fraction of sp³-hybridized carbons (Fsp3) is 0.375. The molecule has 0 aromatic carbocycles. The number of nitrogens with zero attached hydrogens (tertiary/aromatic N) is 5. The third-order valence-electron chi connectivity index (χ3n) is 4.03. The number of ether oxygens (including phenoxy) is 1. The normalized spacial score (nSPS) is 17.1. The summed E-state index contributed by atoms with van der Waals surface area (Å²) >= 11 is 0. The molecule has 0 bridgehead atoms. The Balaban J connectivity index is 1.47.